The molecule has 0 radical (unpaired) electrons. The summed E-state index contributed by atoms with van der Waals surface area (Å²) in [5.41, 5.74) is 0.860. The summed E-state index contributed by atoms with van der Waals surface area (Å²) < 4.78 is 0. The predicted molar refractivity (Wildman–Crippen MR) is 127 cm³/mol. The molecule has 14 heteroatoms. The van der Waals surface area contributed by atoms with Crippen LogP contribution in [0.25, 0.3) is 0 Å². The fourth-order valence-corrected chi connectivity index (χ4v) is 4.44. The number of rotatable bonds is 11. The van der Waals surface area contributed by atoms with Gasteiger partial charge in [-0.15, -0.1) is 10.2 Å². The largest absolute Gasteiger partial charge is 0.480 e. The molecule has 0 aromatic heterocycles. The first-order chi connectivity index (χ1) is 16.3. The average Bonchev–Trinajstić information content (AvgIpc) is 2.83. The lowest BCUT2D eigenvalue weighted by Crippen LogP contribution is -2.42. The Bertz CT molecular complexity index is 955. The molecule has 34 heavy (non-hydrogen) atoms. The number of urea groups is 2. The van der Waals surface area contributed by atoms with Crippen LogP contribution < -0.4 is 10.6 Å². The lowest BCUT2D eigenvalue weighted by Gasteiger charge is -2.14. The van der Waals surface area contributed by atoms with Gasteiger partial charge in [-0.2, -0.15) is 0 Å². The van der Waals surface area contributed by atoms with E-state index in [1.54, 1.807) is 60.7 Å². The number of hydrogen-bond acceptors (Lipinski definition) is 8. The first-order valence-corrected chi connectivity index (χ1v) is 12.1. The van der Waals surface area contributed by atoms with Gasteiger partial charge < -0.3 is 20.8 Å². The van der Waals surface area contributed by atoms with Crippen molar-refractivity contribution in [2.45, 2.75) is 12.1 Å². The van der Waals surface area contributed by atoms with Crippen LogP contribution in [0.1, 0.15) is 0 Å². The van der Waals surface area contributed by atoms with Crippen LogP contribution >= 0.6 is 21.6 Å². The summed E-state index contributed by atoms with van der Waals surface area (Å²) in [7, 11) is 2.02. The molecule has 0 aliphatic heterocycles. The molecular weight excluding hydrogens is 484 g/mol. The molecule has 0 fully saturated rings. The minimum atomic E-state index is -1.29. The first kappa shape index (κ1) is 26.5. The number of carbonyl (C=O) groups is 4. The molecule has 4 amide bonds. The highest BCUT2D eigenvalue weighted by Crippen LogP contribution is 2.23. The summed E-state index contributed by atoms with van der Waals surface area (Å²) in [5.74, 6) is -2.75. The van der Waals surface area contributed by atoms with Gasteiger partial charge in [0.2, 0.25) is 0 Å². The van der Waals surface area contributed by atoms with Crippen LogP contribution in [0, 0.1) is 0 Å². The third-order valence-electron chi connectivity index (χ3n) is 3.77. The molecule has 0 saturated heterocycles. The van der Waals surface area contributed by atoms with Gasteiger partial charge in [0.25, 0.3) is 0 Å². The maximum absolute atomic E-state index is 11.9. The topological polar surface area (TPSA) is 182 Å². The van der Waals surface area contributed by atoms with Crippen molar-refractivity contribution in [1.29, 1.82) is 0 Å². The number of carbonyl (C=O) groups excluding carboxylic acids is 2. The van der Waals surface area contributed by atoms with Crippen molar-refractivity contribution in [3.63, 3.8) is 0 Å². The maximum atomic E-state index is 11.9. The van der Waals surface area contributed by atoms with Gasteiger partial charge in [-0.25, -0.2) is 19.2 Å². The molecule has 0 saturated carbocycles. The number of amides is 4. The quantitative estimate of drug-likeness (QED) is 0.199. The number of nitrogens with one attached hydrogen (secondary N) is 2. The van der Waals surface area contributed by atoms with Crippen molar-refractivity contribution >= 4 is 57.0 Å². The minimum Gasteiger partial charge on any atom is -0.480 e. The molecule has 2 aromatic carbocycles. The van der Waals surface area contributed by atoms with E-state index in [9.17, 15) is 29.4 Å². The van der Waals surface area contributed by atoms with Crippen molar-refractivity contribution in [1.82, 2.24) is 10.6 Å². The number of azo groups is 2. The lowest BCUT2D eigenvalue weighted by molar-refractivity contribution is -0.139. The van der Waals surface area contributed by atoms with Crippen LogP contribution in [0.15, 0.2) is 81.1 Å². The Morgan fingerprint density at radius 3 is 1.35 bits per heavy atom. The normalized spacial score (nSPS) is 12.8. The molecule has 2 rings (SSSR count). The van der Waals surface area contributed by atoms with E-state index in [1.807, 2.05) is 0 Å². The summed E-state index contributed by atoms with van der Waals surface area (Å²) in [4.78, 5) is 46.5. The van der Waals surface area contributed by atoms with E-state index >= 15 is 0 Å². The predicted octanol–water partition coefficient (Wildman–Crippen LogP) is 4.26. The standard InChI is InChI=1S/C20H20N6O6S2/c27-17(28)15(21-19(31)25-23-13-7-3-1-4-8-13)11-33-34-12-16(18(29)30)22-20(32)26-24-14-9-5-2-6-10-14/h1-10,15-16H,11-12H2,(H,21,31)(H,22,32)(H,27,28)(H,29,30)/t15-,16-/m0/s1. The SMILES string of the molecule is O=C(N=Nc1ccccc1)N[C@@H](CSSC[C@H](NC(=O)N=Nc1ccccc1)C(=O)O)C(=O)O. The number of hydrogen-bond donors (Lipinski definition) is 4. The van der Waals surface area contributed by atoms with Gasteiger partial charge in [0, 0.05) is 11.5 Å². The monoisotopic (exact) mass is 504 g/mol. The van der Waals surface area contributed by atoms with Crippen LogP contribution in [-0.2, 0) is 9.59 Å². The molecule has 0 bridgehead atoms. The van der Waals surface area contributed by atoms with Crippen molar-refractivity contribution in [3.05, 3.63) is 60.7 Å². The van der Waals surface area contributed by atoms with Gasteiger partial charge in [-0.05, 0) is 24.3 Å². The van der Waals surface area contributed by atoms with Crippen molar-refractivity contribution < 1.29 is 29.4 Å². The van der Waals surface area contributed by atoms with Crippen LogP contribution in [0.3, 0.4) is 0 Å². The highest BCUT2D eigenvalue weighted by molar-refractivity contribution is 8.76. The highest BCUT2D eigenvalue weighted by Gasteiger charge is 2.23. The second-order valence-corrected chi connectivity index (χ2v) is 8.87. The molecule has 2 atom stereocenters. The molecule has 0 spiro atoms. The molecule has 0 aliphatic rings. The highest BCUT2D eigenvalue weighted by atomic mass is 33.1. The molecule has 2 aromatic rings. The lowest BCUT2D eigenvalue weighted by atomic mass is 10.3. The second kappa shape index (κ2) is 14.4. The molecule has 0 unspecified atom stereocenters. The summed E-state index contributed by atoms with van der Waals surface area (Å²) in [6, 6.07) is 12.4. The van der Waals surface area contributed by atoms with E-state index < -0.39 is 36.1 Å². The van der Waals surface area contributed by atoms with Gasteiger partial charge in [0.05, 0.1) is 11.4 Å². The smallest absolute Gasteiger partial charge is 0.360 e. The zero-order chi connectivity index (χ0) is 24.8. The van der Waals surface area contributed by atoms with Gasteiger partial charge in [-0.3, -0.25) is 0 Å². The summed E-state index contributed by atoms with van der Waals surface area (Å²) in [6.07, 6.45) is 0. The zero-order valence-electron chi connectivity index (χ0n) is 17.5. The Labute approximate surface area is 201 Å². The van der Waals surface area contributed by atoms with E-state index in [0.29, 0.717) is 11.4 Å². The van der Waals surface area contributed by atoms with Gasteiger partial charge in [0.1, 0.15) is 12.1 Å². The summed E-state index contributed by atoms with van der Waals surface area (Å²) >= 11 is 0. The molecule has 0 heterocycles. The molecule has 12 nitrogen and oxygen atoms in total. The van der Waals surface area contributed by atoms with Crippen molar-refractivity contribution in [3.8, 4) is 0 Å². The number of nitrogens with zero attached hydrogens (tertiary/aromatic N) is 4. The van der Waals surface area contributed by atoms with Crippen LogP contribution in [0.4, 0.5) is 21.0 Å². The summed E-state index contributed by atoms with van der Waals surface area (Å²) in [5, 5.41) is 37.3. The third-order valence-corrected chi connectivity index (χ3v) is 6.19. The Morgan fingerprint density at radius 1 is 0.676 bits per heavy atom. The Hall–Kier alpha value is -3.78. The molecule has 0 aliphatic carbocycles. The zero-order valence-corrected chi connectivity index (χ0v) is 19.1. The fraction of sp³-hybridized carbons (Fsp3) is 0.200. The molecular formula is C20H20N6O6S2. The average molecular weight is 505 g/mol. The second-order valence-electron chi connectivity index (χ2n) is 6.32. The number of aliphatic carboxylic acids is 2. The fourth-order valence-electron chi connectivity index (χ4n) is 2.13. The first-order valence-electron chi connectivity index (χ1n) is 9.59. The molecule has 4 N–H and O–H groups in total. The van der Waals surface area contributed by atoms with E-state index in [1.165, 1.54) is 0 Å². The van der Waals surface area contributed by atoms with E-state index in [4.69, 9.17) is 0 Å². The molecule has 178 valence electrons. The van der Waals surface area contributed by atoms with Crippen LogP contribution in [0.5, 0.6) is 0 Å². The van der Waals surface area contributed by atoms with Crippen molar-refractivity contribution in [2.75, 3.05) is 11.5 Å². The number of carboxylic acid groups (broad SMARTS) is 2. The van der Waals surface area contributed by atoms with E-state index in [2.05, 4.69) is 31.1 Å². The maximum Gasteiger partial charge on any atom is 0.360 e. The van der Waals surface area contributed by atoms with Crippen LogP contribution in [0.2, 0.25) is 0 Å². The summed E-state index contributed by atoms with van der Waals surface area (Å²) in [6.45, 7) is 0. The van der Waals surface area contributed by atoms with Gasteiger partial charge >= 0.3 is 24.0 Å². The van der Waals surface area contributed by atoms with E-state index in [-0.39, 0.29) is 11.5 Å². The van der Waals surface area contributed by atoms with E-state index in [0.717, 1.165) is 21.6 Å². The third kappa shape index (κ3) is 10.2. The number of carboxylic acids is 2. The number of benzene rings is 2. The van der Waals surface area contributed by atoms with Crippen LogP contribution in [-0.4, -0.2) is 57.8 Å². The van der Waals surface area contributed by atoms with Gasteiger partial charge in [-0.1, -0.05) is 68.2 Å². The minimum absolute atomic E-state index is 0.0827. The Kier molecular flexibility index (Phi) is 11.2. The Morgan fingerprint density at radius 2 is 1.03 bits per heavy atom. The van der Waals surface area contributed by atoms with Gasteiger partial charge in [0.15, 0.2) is 0 Å². The van der Waals surface area contributed by atoms with Crippen molar-refractivity contribution in [2.24, 2.45) is 20.5 Å². The Balaban J connectivity index is 1.78.